The molecule has 5 nitrogen and oxygen atoms in total. The van der Waals surface area contributed by atoms with Crippen molar-refractivity contribution in [3.8, 4) is 0 Å². The number of halogens is 3. The number of carbonyl (C=O) groups is 2. The Labute approximate surface area is 174 Å². The Morgan fingerprint density at radius 3 is 2.44 bits per heavy atom. The molecule has 27 heavy (non-hydrogen) atoms. The van der Waals surface area contributed by atoms with Crippen molar-refractivity contribution < 1.29 is 14.0 Å². The number of anilines is 1. The van der Waals surface area contributed by atoms with Crippen LogP contribution in [0.25, 0.3) is 0 Å². The van der Waals surface area contributed by atoms with Gasteiger partial charge in [0.2, 0.25) is 5.91 Å². The lowest BCUT2D eigenvalue weighted by molar-refractivity contribution is -0.117. The first-order chi connectivity index (χ1) is 12.9. The molecule has 0 unspecified atom stereocenters. The van der Waals surface area contributed by atoms with Gasteiger partial charge < -0.3 is 14.6 Å². The quantitative estimate of drug-likeness (QED) is 0.541. The number of nitrogens with one attached hydrogen (secondary N) is 1. The van der Waals surface area contributed by atoms with E-state index in [0.29, 0.717) is 15.7 Å². The van der Waals surface area contributed by atoms with Gasteiger partial charge in [-0.25, -0.2) is 0 Å². The zero-order valence-corrected chi connectivity index (χ0v) is 16.8. The second-order valence-corrected chi connectivity index (χ2v) is 7.71. The average Bonchev–Trinajstić information content (AvgIpc) is 3.30. The van der Waals surface area contributed by atoms with E-state index in [0.717, 1.165) is 0 Å². The van der Waals surface area contributed by atoms with E-state index in [1.807, 2.05) is 0 Å². The molecule has 0 atom stereocenters. The Hall–Kier alpha value is -1.99. The highest BCUT2D eigenvalue weighted by Gasteiger charge is 2.22. The highest BCUT2D eigenvalue weighted by atomic mass is 35.5. The van der Waals surface area contributed by atoms with Gasteiger partial charge in [-0.05, 0) is 35.7 Å². The molecule has 0 aliphatic rings. The van der Waals surface area contributed by atoms with E-state index in [4.69, 9.17) is 39.2 Å². The number of benzene rings is 1. The molecule has 1 aromatic carbocycles. The van der Waals surface area contributed by atoms with Gasteiger partial charge in [-0.1, -0.05) is 40.9 Å². The lowest BCUT2D eigenvalue weighted by atomic mass is 10.3. The number of carbonyl (C=O) groups excluding carboxylic acids is 2. The molecule has 0 bridgehead atoms. The van der Waals surface area contributed by atoms with E-state index in [2.05, 4.69) is 5.32 Å². The Bertz CT molecular complexity index is 920. The van der Waals surface area contributed by atoms with Crippen molar-refractivity contribution in [2.24, 2.45) is 0 Å². The zero-order valence-electron chi connectivity index (χ0n) is 13.7. The van der Waals surface area contributed by atoms with E-state index in [1.165, 1.54) is 34.6 Å². The van der Waals surface area contributed by atoms with Crippen LogP contribution in [0.3, 0.4) is 0 Å². The smallest absolute Gasteiger partial charge is 0.264 e. The van der Waals surface area contributed by atoms with E-state index in [9.17, 15) is 9.59 Å². The fourth-order valence-electron chi connectivity index (χ4n) is 2.36. The standard InChI is InChI=1S/C18H13Cl3N2O3S/c19-11-7-13(20)17(14(21)8-11)22-16(24)10-23(9-12-3-1-5-26-12)18(25)15-4-2-6-27-15/h1-8H,9-10H2,(H,22,24). The molecule has 0 aliphatic carbocycles. The number of furan rings is 1. The van der Waals surface area contributed by atoms with E-state index >= 15 is 0 Å². The molecule has 0 spiro atoms. The van der Waals surface area contributed by atoms with Gasteiger partial charge in [0, 0.05) is 5.02 Å². The summed E-state index contributed by atoms with van der Waals surface area (Å²) in [7, 11) is 0. The first-order valence-corrected chi connectivity index (χ1v) is 9.75. The first-order valence-electron chi connectivity index (χ1n) is 7.73. The third-order valence-electron chi connectivity index (χ3n) is 3.55. The van der Waals surface area contributed by atoms with Crippen LogP contribution in [0.2, 0.25) is 15.1 Å². The molecule has 140 valence electrons. The number of hydrogen-bond acceptors (Lipinski definition) is 4. The van der Waals surface area contributed by atoms with Crippen molar-refractivity contribution in [1.29, 1.82) is 0 Å². The lowest BCUT2D eigenvalue weighted by Crippen LogP contribution is -2.37. The van der Waals surface area contributed by atoms with Gasteiger partial charge >= 0.3 is 0 Å². The molecule has 3 aromatic rings. The van der Waals surface area contributed by atoms with Crippen molar-refractivity contribution in [2.45, 2.75) is 6.54 Å². The summed E-state index contributed by atoms with van der Waals surface area (Å²) in [5.74, 6) is -0.155. The van der Waals surface area contributed by atoms with Gasteiger partial charge in [0.25, 0.3) is 5.91 Å². The summed E-state index contributed by atoms with van der Waals surface area (Å²) in [4.78, 5) is 27.2. The highest BCUT2D eigenvalue weighted by Crippen LogP contribution is 2.33. The predicted octanol–water partition coefficient (Wildman–Crippen LogP) is 5.58. The van der Waals surface area contributed by atoms with Crippen LogP contribution in [0.1, 0.15) is 15.4 Å². The van der Waals surface area contributed by atoms with E-state index in [1.54, 1.807) is 29.6 Å². The molecule has 2 heterocycles. The van der Waals surface area contributed by atoms with Crippen LogP contribution in [0.5, 0.6) is 0 Å². The number of thiophene rings is 1. The maximum Gasteiger partial charge on any atom is 0.264 e. The zero-order chi connectivity index (χ0) is 19.4. The summed E-state index contributed by atoms with van der Waals surface area (Å²) in [5.41, 5.74) is 0.245. The summed E-state index contributed by atoms with van der Waals surface area (Å²) in [5, 5.41) is 5.21. The first kappa shape index (κ1) is 19.8. The van der Waals surface area contributed by atoms with Crippen molar-refractivity contribution in [2.75, 3.05) is 11.9 Å². The number of nitrogens with zero attached hydrogens (tertiary/aromatic N) is 1. The Morgan fingerprint density at radius 1 is 1.11 bits per heavy atom. The molecule has 0 saturated heterocycles. The molecule has 3 rings (SSSR count). The molecular formula is C18H13Cl3N2O3S. The summed E-state index contributed by atoms with van der Waals surface area (Å²) in [6, 6.07) is 9.88. The highest BCUT2D eigenvalue weighted by molar-refractivity contribution is 7.12. The summed E-state index contributed by atoms with van der Waals surface area (Å²) < 4.78 is 5.30. The Balaban J connectivity index is 1.77. The molecule has 0 aliphatic heterocycles. The van der Waals surface area contributed by atoms with E-state index < -0.39 is 5.91 Å². The third-order valence-corrected chi connectivity index (χ3v) is 5.22. The molecule has 0 saturated carbocycles. The molecular weight excluding hydrogens is 431 g/mol. The summed E-state index contributed by atoms with van der Waals surface area (Å²) >= 11 is 19.4. The molecule has 0 radical (unpaired) electrons. The summed E-state index contributed by atoms with van der Waals surface area (Å²) in [6.07, 6.45) is 1.51. The molecule has 2 aromatic heterocycles. The SMILES string of the molecule is O=C(CN(Cc1ccco1)C(=O)c1cccs1)Nc1c(Cl)cc(Cl)cc1Cl. The van der Waals surface area contributed by atoms with Crippen LogP contribution in [0.15, 0.2) is 52.5 Å². The van der Waals surface area contributed by atoms with Gasteiger partial charge in [-0.2, -0.15) is 0 Å². The Kier molecular flexibility index (Phi) is 6.44. The second-order valence-electron chi connectivity index (χ2n) is 5.51. The molecule has 2 amide bonds. The second kappa shape index (κ2) is 8.80. The molecule has 1 N–H and O–H groups in total. The van der Waals surface area contributed by atoms with Crippen LogP contribution in [-0.2, 0) is 11.3 Å². The van der Waals surface area contributed by atoms with Crippen molar-refractivity contribution in [3.05, 3.63) is 73.7 Å². The topological polar surface area (TPSA) is 62.6 Å². The number of hydrogen-bond donors (Lipinski definition) is 1. The van der Waals surface area contributed by atoms with Crippen LogP contribution in [0, 0.1) is 0 Å². The maximum atomic E-state index is 12.7. The van der Waals surface area contributed by atoms with Gasteiger partial charge in [0.1, 0.15) is 12.3 Å². The molecule has 0 fully saturated rings. The maximum absolute atomic E-state index is 12.7. The average molecular weight is 444 g/mol. The summed E-state index contributed by atoms with van der Waals surface area (Å²) in [6.45, 7) is -0.0496. The van der Waals surface area contributed by atoms with E-state index in [-0.39, 0.29) is 34.7 Å². The van der Waals surface area contributed by atoms with Crippen molar-refractivity contribution in [1.82, 2.24) is 4.90 Å². The normalized spacial score (nSPS) is 10.6. The number of rotatable bonds is 6. The van der Waals surface area contributed by atoms with Gasteiger partial charge in [-0.3, -0.25) is 9.59 Å². The minimum absolute atomic E-state index is 0.152. The van der Waals surface area contributed by atoms with Gasteiger partial charge in [0.05, 0.1) is 33.4 Å². The minimum atomic E-state index is -0.447. The predicted molar refractivity (Wildman–Crippen MR) is 108 cm³/mol. The lowest BCUT2D eigenvalue weighted by Gasteiger charge is -2.21. The number of amides is 2. The minimum Gasteiger partial charge on any atom is -0.467 e. The fraction of sp³-hybridized carbons (Fsp3) is 0.111. The van der Waals surface area contributed by atoms with Crippen molar-refractivity contribution >= 4 is 63.6 Å². The fourth-order valence-corrected chi connectivity index (χ4v) is 3.96. The van der Waals surface area contributed by atoms with Crippen LogP contribution in [0.4, 0.5) is 5.69 Å². The van der Waals surface area contributed by atoms with Crippen LogP contribution >= 0.6 is 46.1 Å². The monoisotopic (exact) mass is 442 g/mol. The largest absolute Gasteiger partial charge is 0.467 e. The Morgan fingerprint density at radius 2 is 1.85 bits per heavy atom. The van der Waals surface area contributed by atoms with Gasteiger partial charge in [0.15, 0.2) is 0 Å². The van der Waals surface area contributed by atoms with Gasteiger partial charge in [-0.15, -0.1) is 11.3 Å². The third kappa shape index (κ3) is 5.05. The van der Waals surface area contributed by atoms with Crippen LogP contribution < -0.4 is 5.32 Å². The van der Waals surface area contributed by atoms with Crippen molar-refractivity contribution in [3.63, 3.8) is 0 Å². The van der Waals surface area contributed by atoms with Crippen LogP contribution in [-0.4, -0.2) is 23.3 Å². The molecule has 9 heteroatoms.